The van der Waals surface area contributed by atoms with Gasteiger partial charge in [-0.05, 0) is 46.9 Å². The van der Waals surface area contributed by atoms with Crippen LogP contribution >= 0.6 is 7.14 Å². The fraction of sp³-hybridized carbons (Fsp3) is 1.00. The molecule has 0 fully saturated rings. The summed E-state index contributed by atoms with van der Waals surface area (Å²) in [6, 6.07) is 0. The summed E-state index contributed by atoms with van der Waals surface area (Å²) in [4.78, 5) is 0. The lowest BCUT2D eigenvalue weighted by molar-refractivity contribution is 0.576. The van der Waals surface area contributed by atoms with Crippen LogP contribution in [0.15, 0.2) is 0 Å². The van der Waals surface area contributed by atoms with Gasteiger partial charge >= 0.3 is 0 Å². The third-order valence-electron chi connectivity index (χ3n) is 4.52. The van der Waals surface area contributed by atoms with E-state index in [1.807, 2.05) is 54.9 Å². The second-order valence-electron chi connectivity index (χ2n) is 10.4. The number of sulfone groups is 3. The second kappa shape index (κ2) is 21.1. The van der Waals surface area contributed by atoms with E-state index in [0.717, 1.165) is 0 Å². The van der Waals surface area contributed by atoms with Crippen molar-refractivity contribution in [3.05, 3.63) is 0 Å². The van der Waals surface area contributed by atoms with E-state index >= 15 is 0 Å². The number of hydrogen-bond donors (Lipinski definition) is 0. The van der Waals surface area contributed by atoms with Gasteiger partial charge in [0, 0.05) is 46.2 Å². The maximum atomic E-state index is 10.9. The fourth-order valence-electron chi connectivity index (χ4n) is 0.939. The Labute approximate surface area is 227 Å². The molecule has 1 unspecified atom stereocenters. The van der Waals surface area contributed by atoms with Crippen molar-refractivity contribution in [2.24, 2.45) is 5.92 Å². The third-order valence-corrected chi connectivity index (χ3v) is 13.6. The first kappa shape index (κ1) is 46.1. The summed E-state index contributed by atoms with van der Waals surface area (Å²) in [7, 11) is -10.6. The first-order chi connectivity index (χ1) is 15.5. The van der Waals surface area contributed by atoms with Crippen molar-refractivity contribution in [1.82, 2.24) is 0 Å². The fourth-order valence-corrected chi connectivity index (χ4v) is 2.82. The molecule has 0 aromatic rings. The highest BCUT2D eigenvalue weighted by molar-refractivity contribution is 7.92. The average Bonchev–Trinajstić information content (AvgIpc) is 2.59. The van der Waals surface area contributed by atoms with Crippen molar-refractivity contribution in [2.75, 3.05) is 43.6 Å². The van der Waals surface area contributed by atoms with E-state index in [-0.39, 0.29) is 22.2 Å². The Kier molecular flexibility index (Phi) is 27.0. The molecule has 0 aliphatic heterocycles. The van der Waals surface area contributed by atoms with Crippen molar-refractivity contribution in [3.8, 4) is 0 Å². The molecular formula is C23H57O8PS4. The number of hydrogen-bond acceptors (Lipinski definition) is 8. The molecule has 0 saturated carbocycles. The molecule has 0 saturated heterocycles. The molecule has 0 radical (unpaired) electrons. The molecule has 0 bridgehead atoms. The molecule has 1 atom stereocenters. The van der Waals surface area contributed by atoms with E-state index in [2.05, 4.69) is 0 Å². The molecule has 226 valence electrons. The molecule has 0 aliphatic rings. The maximum Gasteiger partial charge on any atom is 0.152 e. The SMILES string of the molecule is CC(C)CS(C)(=O)=O.CC(C)P(C)(C)=O.CC(C)S(C)(=O)=O.CC(C)S(C)=O.CCS(=O)(=O)C(C)C. The van der Waals surface area contributed by atoms with E-state index in [4.69, 9.17) is 0 Å². The molecule has 0 aliphatic carbocycles. The van der Waals surface area contributed by atoms with Crippen molar-refractivity contribution in [2.45, 2.75) is 97.6 Å². The van der Waals surface area contributed by atoms with Gasteiger partial charge in [-0.15, -0.1) is 0 Å². The maximum absolute atomic E-state index is 10.9. The molecule has 36 heavy (non-hydrogen) atoms. The van der Waals surface area contributed by atoms with Gasteiger partial charge in [-0.1, -0.05) is 48.5 Å². The van der Waals surface area contributed by atoms with Gasteiger partial charge < -0.3 is 4.57 Å². The predicted molar refractivity (Wildman–Crippen MR) is 163 cm³/mol. The molecule has 0 amide bonds. The first-order valence-corrected chi connectivity index (χ1v) is 21.9. The van der Waals surface area contributed by atoms with Crippen LogP contribution in [0.4, 0.5) is 0 Å². The van der Waals surface area contributed by atoms with Crippen molar-refractivity contribution in [3.63, 3.8) is 0 Å². The van der Waals surface area contributed by atoms with E-state index < -0.39 is 47.5 Å². The zero-order valence-electron chi connectivity index (χ0n) is 25.6. The summed E-state index contributed by atoms with van der Waals surface area (Å²) >= 11 is 0. The topological polar surface area (TPSA) is 137 Å². The van der Waals surface area contributed by atoms with Gasteiger partial charge in [-0.2, -0.15) is 0 Å². The Morgan fingerprint density at radius 2 is 0.972 bits per heavy atom. The van der Waals surface area contributed by atoms with Crippen LogP contribution in [0, 0.1) is 5.92 Å². The predicted octanol–water partition coefficient (Wildman–Crippen LogP) is 4.75. The van der Waals surface area contributed by atoms with Crippen LogP contribution < -0.4 is 0 Å². The van der Waals surface area contributed by atoms with Crippen LogP contribution in [0.1, 0.15) is 76.2 Å². The van der Waals surface area contributed by atoms with Crippen LogP contribution in [0.2, 0.25) is 0 Å². The Morgan fingerprint density at radius 1 is 0.722 bits per heavy atom. The van der Waals surface area contributed by atoms with E-state index in [1.165, 1.54) is 12.5 Å². The average molecular weight is 621 g/mol. The summed E-state index contributed by atoms with van der Waals surface area (Å²) in [6.45, 7) is 23.6. The molecular weight excluding hydrogens is 563 g/mol. The van der Waals surface area contributed by atoms with Gasteiger partial charge in [0.1, 0.15) is 19.7 Å². The molecule has 0 aromatic carbocycles. The molecule has 0 spiro atoms. The lowest BCUT2D eigenvalue weighted by Crippen LogP contribution is -2.15. The largest absolute Gasteiger partial charge is 0.324 e. The van der Waals surface area contributed by atoms with E-state index in [9.17, 15) is 34.0 Å². The van der Waals surface area contributed by atoms with Gasteiger partial charge in [0.2, 0.25) is 0 Å². The Hall–Kier alpha value is 0.230. The van der Waals surface area contributed by atoms with Crippen molar-refractivity contribution >= 4 is 47.5 Å². The van der Waals surface area contributed by atoms with Gasteiger partial charge in [0.15, 0.2) is 9.84 Å². The summed E-state index contributed by atoms with van der Waals surface area (Å²) in [5, 5.41) is -0.120. The van der Waals surface area contributed by atoms with Crippen LogP contribution in [0.3, 0.4) is 0 Å². The van der Waals surface area contributed by atoms with Gasteiger partial charge in [-0.3, -0.25) is 4.21 Å². The minimum absolute atomic E-state index is 0.215. The minimum atomic E-state index is -2.74. The lowest BCUT2D eigenvalue weighted by Gasteiger charge is -2.08. The molecule has 8 nitrogen and oxygen atoms in total. The molecule has 0 heterocycles. The standard InChI is InChI=1S/2C5H12O2S.C5H13OP.C4H10O2S.C4H10OS/c1-5(2)4-8(3,6)7;1-4-8(6,7)5(2)3;1-5(2)7(3,4)6;1-4(2)7(3,5)6;1-4(2)6(3)5/h2*5H,4H2,1-3H3;5H,1-4H3;4H,1-3H3;4H,1-3H3. The summed E-state index contributed by atoms with van der Waals surface area (Å²) in [5.41, 5.74) is 0.354. The Morgan fingerprint density at radius 3 is 0.972 bits per heavy atom. The normalized spacial score (nSPS) is 13.0. The van der Waals surface area contributed by atoms with Gasteiger partial charge in [-0.25, -0.2) is 25.3 Å². The third kappa shape index (κ3) is 41.4. The molecule has 0 rings (SSSR count). The number of rotatable bonds is 7. The Bertz CT molecular complexity index is 927. The van der Waals surface area contributed by atoms with Crippen LogP contribution in [-0.2, 0) is 44.9 Å². The van der Waals surface area contributed by atoms with Crippen LogP contribution in [-0.4, -0.2) is 94.5 Å². The van der Waals surface area contributed by atoms with Crippen molar-refractivity contribution in [1.29, 1.82) is 0 Å². The molecule has 0 aromatic heterocycles. The van der Waals surface area contributed by atoms with Gasteiger partial charge in [0.05, 0.1) is 23.4 Å². The molecule has 13 heteroatoms. The van der Waals surface area contributed by atoms with Crippen molar-refractivity contribution < 1.29 is 34.0 Å². The zero-order valence-corrected chi connectivity index (χ0v) is 29.8. The Balaban J connectivity index is -0.000000112. The quantitative estimate of drug-likeness (QED) is 0.372. The zero-order chi connectivity index (χ0) is 30.9. The smallest absolute Gasteiger partial charge is 0.152 e. The second-order valence-corrected chi connectivity index (χ2v) is 23.9. The lowest BCUT2D eigenvalue weighted by atomic mass is 10.3. The summed E-state index contributed by atoms with van der Waals surface area (Å²) in [6.07, 6.45) is 4.20. The highest BCUT2D eigenvalue weighted by Crippen LogP contribution is 2.41. The summed E-state index contributed by atoms with van der Waals surface area (Å²) < 4.78 is 84.1. The van der Waals surface area contributed by atoms with Crippen LogP contribution in [0.5, 0.6) is 0 Å². The highest BCUT2D eigenvalue weighted by Gasteiger charge is 2.11. The minimum Gasteiger partial charge on any atom is -0.324 e. The van der Waals surface area contributed by atoms with Crippen LogP contribution in [0.25, 0.3) is 0 Å². The van der Waals surface area contributed by atoms with E-state index in [1.54, 1.807) is 40.9 Å². The summed E-state index contributed by atoms with van der Waals surface area (Å²) in [5.74, 6) is 0.808. The monoisotopic (exact) mass is 620 g/mol. The van der Waals surface area contributed by atoms with Gasteiger partial charge in [0.25, 0.3) is 0 Å². The molecule has 0 N–H and O–H groups in total. The first-order valence-electron chi connectivity index (χ1n) is 11.9. The van der Waals surface area contributed by atoms with E-state index in [0.29, 0.717) is 16.7 Å². The highest BCUT2D eigenvalue weighted by atomic mass is 32.2.